The Bertz CT molecular complexity index is 976. The van der Waals surface area contributed by atoms with Crippen LogP contribution in [-0.2, 0) is 14.3 Å². The van der Waals surface area contributed by atoms with Crippen molar-refractivity contribution < 1.29 is 19.4 Å². The maximum Gasteiger partial charge on any atom is 0.305 e. The van der Waals surface area contributed by atoms with Crippen molar-refractivity contribution in [2.24, 2.45) is 0 Å². The first kappa shape index (κ1) is 52.2. The van der Waals surface area contributed by atoms with Gasteiger partial charge in [0, 0.05) is 26.2 Å². The summed E-state index contributed by atoms with van der Waals surface area (Å²) in [6.45, 7) is 8.93. The largest absolute Gasteiger partial charge is 0.466 e. The number of aliphatic hydroxyl groups is 1. The van der Waals surface area contributed by atoms with E-state index in [2.05, 4.69) is 135 Å². The summed E-state index contributed by atoms with van der Waals surface area (Å²) < 4.78 is 9.83. The number of rotatable bonds is 27. The summed E-state index contributed by atoms with van der Waals surface area (Å²) in [6, 6.07) is 0. The van der Waals surface area contributed by atoms with Crippen molar-refractivity contribution in [2.45, 2.75) is 144 Å². The molecule has 0 unspecified atom stereocenters. The van der Waals surface area contributed by atoms with Gasteiger partial charge in [0.1, 0.15) is 0 Å². The zero-order valence-electron chi connectivity index (χ0n) is 32.3. The third kappa shape index (κ3) is 53.7. The zero-order chi connectivity index (χ0) is 36.7. The quantitative estimate of drug-likeness (QED) is 0.0525. The first-order valence-corrected chi connectivity index (χ1v) is 19.6. The van der Waals surface area contributed by atoms with Gasteiger partial charge in [-0.2, -0.15) is 0 Å². The van der Waals surface area contributed by atoms with E-state index in [1.54, 1.807) is 0 Å². The van der Waals surface area contributed by atoms with Gasteiger partial charge in [0.15, 0.2) is 0 Å². The van der Waals surface area contributed by atoms with Crippen LogP contribution in [0.1, 0.15) is 144 Å². The molecule has 0 bridgehead atoms. The average Bonchev–Trinajstić information content (AvgIpc) is 3.72. The summed E-state index contributed by atoms with van der Waals surface area (Å²) in [5.74, 6) is -0.0927. The zero-order valence-corrected chi connectivity index (χ0v) is 32.3. The van der Waals surface area contributed by atoms with Gasteiger partial charge in [0.05, 0.1) is 6.61 Å². The molecule has 1 aliphatic heterocycles. The molecular weight excluding hydrogens is 629 g/mol. The molecule has 0 atom stereocenters. The highest BCUT2D eigenvalue weighted by atomic mass is 16.5. The Balaban J connectivity index is -0.000000781. The Morgan fingerprint density at radius 3 is 1.14 bits per heavy atom. The fraction of sp³-hybridized carbons (Fsp3) is 0.553. The lowest BCUT2D eigenvalue weighted by atomic mass is 10.2. The van der Waals surface area contributed by atoms with E-state index in [1.165, 1.54) is 12.8 Å². The highest BCUT2D eigenvalue weighted by Gasteiger charge is 1.98. The smallest absolute Gasteiger partial charge is 0.305 e. The van der Waals surface area contributed by atoms with Crippen LogP contribution in [0, 0.1) is 0 Å². The molecule has 1 rings (SSSR count). The van der Waals surface area contributed by atoms with Crippen LogP contribution in [0.2, 0.25) is 0 Å². The van der Waals surface area contributed by atoms with Crippen LogP contribution < -0.4 is 0 Å². The van der Waals surface area contributed by atoms with Gasteiger partial charge in [-0.15, -0.1) is 0 Å². The number of aliphatic hydroxyl groups excluding tert-OH is 1. The maximum absolute atomic E-state index is 11.1. The second kappa shape index (κ2) is 51.2. The van der Waals surface area contributed by atoms with E-state index in [4.69, 9.17) is 14.6 Å². The van der Waals surface area contributed by atoms with Crippen molar-refractivity contribution in [1.29, 1.82) is 0 Å². The van der Waals surface area contributed by atoms with Crippen LogP contribution in [0.15, 0.2) is 122 Å². The van der Waals surface area contributed by atoms with Gasteiger partial charge in [-0.1, -0.05) is 143 Å². The van der Waals surface area contributed by atoms with Gasteiger partial charge in [0.2, 0.25) is 0 Å². The minimum absolute atomic E-state index is 0. The molecule has 1 aliphatic rings. The summed E-state index contributed by atoms with van der Waals surface area (Å²) in [5.41, 5.74) is 0. The minimum Gasteiger partial charge on any atom is -0.466 e. The standard InChI is InChI=1S/C22H34O2.C20H32O.C4H8O.CH4/c1-3-5-6-7-8-9-10-11-12-13-14-15-16-17-18-19-20-21-22(23)24-4-2;1-2-3-4-5-6-7-8-9-10-11-12-13-14-15-16-17-18-19-20-21;1-2-4-5-3-1;/h5-6,8-9,11-12,14-15,17-18H,3-4,7,10,13,16,19-21H2,1-2H3;3-4,6-7,9-10,12-13,15-16,21H,2,5,8,11,14,17-20H2,1H3;1-4H2;1H4/b6-5-,9-8-,12-11-,15-14-,18-17-;4-3-,7-6-,10-9-,13-12-,16-15-;;. The van der Waals surface area contributed by atoms with Gasteiger partial charge in [0.25, 0.3) is 0 Å². The Hall–Kier alpha value is -3.21. The van der Waals surface area contributed by atoms with Crippen LogP contribution >= 0.6 is 0 Å². The van der Waals surface area contributed by atoms with E-state index in [-0.39, 0.29) is 13.4 Å². The van der Waals surface area contributed by atoms with E-state index in [0.29, 0.717) is 19.6 Å². The van der Waals surface area contributed by atoms with Crippen LogP contribution in [0.4, 0.5) is 0 Å². The molecule has 4 nitrogen and oxygen atoms in total. The van der Waals surface area contributed by atoms with Crippen molar-refractivity contribution >= 4 is 5.97 Å². The molecule has 0 amide bonds. The highest BCUT2D eigenvalue weighted by Crippen LogP contribution is 2.02. The first-order chi connectivity index (χ1) is 24.7. The molecule has 1 N–H and O–H groups in total. The lowest BCUT2D eigenvalue weighted by Crippen LogP contribution is -2.02. The number of allylic oxidation sites excluding steroid dienone is 20. The lowest BCUT2D eigenvalue weighted by Gasteiger charge is -1.98. The molecule has 0 saturated carbocycles. The summed E-state index contributed by atoms with van der Waals surface area (Å²) in [6.07, 6.45) is 62.2. The second-order valence-corrected chi connectivity index (χ2v) is 11.7. The third-order valence-electron chi connectivity index (χ3n) is 6.98. The topological polar surface area (TPSA) is 55.8 Å². The van der Waals surface area contributed by atoms with E-state index in [1.807, 2.05) is 6.92 Å². The summed E-state index contributed by atoms with van der Waals surface area (Å²) in [4.78, 5) is 11.1. The maximum atomic E-state index is 11.1. The number of carbonyl (C=O) groups is 1. The van der Waals surface area contributed by atoms with E-state index in [9.17, 15) is 4.79 Å². The van der Waals surface area contributed by atoms with Gasteiger partial charge < -0.3 is 14.6 Å². The molecule has 51 heavy (non-hydrogen) atoms. The minimum atomic E-state index is -0.0927. The van der Waals surface area contributed by atoms with Gasteiger partial charge in [-0.3, -0.25) is 4.79 Å². The van der Waals surface area contributed by atoms with E-state index in [0.717, 1.165) is 110 Å². The highest BCUT2D eigenvalue weighted by molar-refractivity contribution is 5.69. The van der Waals surface area contributed by atoms with Crippen molar-refractivity contribution in [1.82, 2.24) is 0 Å². The SMILES string of the molecule is C.C1CCOC1.CC/C=C\C/C=C\C/C=C\C/C=C\C/C=C\CCCC(=O)OCC.CC/C=C\C/C=C\C/C=C\C/C=C\C/C=C\CCCCO. The number of hydrogen-bond donors (Lipinski definition) is 1. The van der Waals surface area contributed by atoms with Crippen molar-refractivity contribution in [2.75, 3.05) is 26.4 Å². The number of unbranched alkanes of at least 4 members (excludes halogenated alkanes) is 3. The molecule has 0 radical (unpaired) electrons. The molecule has 0 spiro atoms. The van der Waals surface area contributed by atoms with Crippen molar-refractivity contribution in [3.8, 4) is 0 Å². The molecule has 1 heterocycles. The number of carbonyl (C=O) groups excluding carboxylic acids is 1. The van der Waals surface area contributed by atoms with Crippen molar-refractivity contribution in [3.63, 3.8) is 0 Å². The molecule has 1 saturated heterocycles. The Kier molecular flexibility index (Phi) is 52.3. The normalized spacial score (nSPS) is 13.6. The predicted molar refractivity (Wildman–Crippen MR) is 227 cm³/mol. The fourth-order valence-corrected chi connectivity index (χ4v) is 4.22. The lowest BCUT2D eigenvalue weighted by molar-refractivity contribution is -0.143. The Morgan fingerprint density at radius 1 is 0.510 bits per heavy atom. The number of esters is 1. The molecule has 1 fully saturated rings. The molecule has 290 valence electrons. The second-order valence-electron chi connectivity index (χ2n) is 11.7. The molecule has 0 aromatic rings. The first-order valence-electron chi connectivity index (χ1n) is 19.6. The molecule has 0 aromatic carbocycles. The fourth-order valence-electron chi connectivity index (χ4n) is 4.22. The van der Waals surface area contributed by atoms with Gasteiger partial charge >= 0.3 is 5.97 Å². The van der Waals surface area contributed by atoms with Gasteiger partial charge in [-0.25, -0.2) is 0 Å². The van der Waals surface area contributed by atoms with Crippen LogP contribution in [-0.4, -0.2) is 37.5 Å². The Labute approximate surface area is 316 Å². The molecule has 0 aromatic heterocycles. The van der Waals surface area contributed by atoms with Gasteiger partial charge in [-0.05, 0) is 116 Å². The van der Waals surface area contributed by atoms with E-state index >= 15 is 0 Å². The monoisotopic (exact) mass is 707 g/mol. The van der Waals surface area contributed by atoms with Crippen LogP contribution in [0.3, 0.4) is 0 Å². The third-order valence-corrected chi connectivity index (χ3v) is 6.98. The average molecular weight is 707 g/mol. The molecule has 4 heteroatoms. The molecular formula is C47H78O4. The van der Waals surface area contributed by atoms with E-state index < -0.39 is 0 Å². The summed E-state index contributed by atoms with van der Waals surface area (Å²) in [7, 11) is 0. The predicted octanol–water partition coefficient (Wildman–Crippen LogP) is 13.8. The number of ether oxygens (including phenoxy) is 2. The summed E-state index contributed by atoms with van der Waals surface area (Å²) >= 11 is 0. The van der Waals surface area contributed by atoms with Crippen LogP contribution in [0.25, 0.3) is 0 Å². The number of hydrogen-bond acceptors (Lipinski definition) is 4. The Morgan fingerprint density at radius 2 is 0.843 bits per heavy atom. The summed E-state index contributed by atoms with van der Waals surface area (Å²) in [5, 5.41) is 8.64. The molecule has 0 aliphatic carbocycles. The van der Waals surface area contributed by atoms with Crippen molar-refractivity contribution in [3.05, 3.63) is 122 Å². The van der Waals surface area contributed by atoms with Crippen LogP contribution in [0.5, 0.6) is 0 Å².